The molecule has 0 unspecified atom stereocenters. The number of rotatable bonds is 5. The fourth-order valence-electron chi connectivity index (χ4n) is 1.77. The van der Waals surface area contributed by atoms with Crippen LogP contribution in [-0.2, 0) is 6.61 Å². The van der Waals surface area contributed by atoms with Crippen LogP contribution in [0.4, 0.5) is 5.69 Å². The van der Waals surface area contributed by atoms with Crippen molar-refractivity contribution >= 4 is 23.3 Å². The van der Waals surface area contributed by atoms with Crippen molar-refractivity contribution in [2.24, 2.45) is 0 Å². The number of hydrogen-bond acceptors (Lipinski definition) is 4. The SMILES string of the molecule is O=C(O)c1ccc(Cl)c(OCc2ccccc2)c1[N+](=O)[O-]. The van der Waals surface area contributed by atoms with E-state index in [0.717, 1.165) is 11.6 Å². The quantitative estimate of drug-likeness (QED) is 0.674. The second kappa shape index (κ2) is 6.23. The van der Waals surface area contributed by atoms with Crippen LogP contribution in [0.25, 0.3) is 0 Å². The van der Waals surface area contributed by atoms with Gasteiger partial charge in [-0.3, -0.25) is 10.1 Å². The third kappa shape index (κ3) is 3.29. The fourth-order valence-corrected chi connectivity index (χ4v) is 1.97. The molecule has 0 aromatic heterocycles. The predicted molar refractivity (Wildman–Crippen MR) is 75.8 cm³/mol. The molecule has 2 aromatic carbocycles. The first-order valence-electron chi connectivity index (χ1n) is 5.87. The van der Waals surface area contributed by atoms with Crippen molar-refractivity contribution < 1.29 is 19.6 Å². The van der Waals surface area contributed by atoms with Crippen LogP contribution in [-0.4, -0.2) is 16.0 Å². The lowest BCUT2D eigenvalue weighted by Crippen LogP contribution is -2.06. The molecule has 0 heterocycles. The maximum atomic E-state index is 11.1. The Morgan fingerprint density at radius 2 is 1.90 bits per heavy atom. The van der Waals surface area contributed by atoms with Gasteiger partial charge < -0.3 is 9.84 Å². The van der Waals surface area contributed by atoms with Crippen molar-refractivity contribution in [3.63, 3.8) is 0 Å². The van der Waals surface area contributed by atoms with Crippen LogP contribution < -0.4 is 4.74 Å². The number of benzene rings is 2. The number of nitrogens with zero attached hydrogens (tertiary/aromatic N) is 1. The van der Waals surface area contributed by atoms with E-state index >= 15 is 0 Å². The molecule has 0 aliphatic rings. The lowest BCUT2D eigenvalue weighted by Gasteiger charge is -2.10. The van der Waals surface area contributed by atoms with E-state index in [2.05, 4.69) is 0 Å². The van der Waals surface area contributed by atoms with E-state index in [1.54, 1.807) is 24.3 Å². The summed E-state index contributed by atoms with van der Waals surface area (Å²) in [6.45, 7) is 0.0461. The van der Waals surface area contributed by atoms with Crippen LogP contribution in [0.1, 0.15) is 15.9 Å². The minimum Gasteiger partial charge on any atom is -0.481 e. The second-order valence-corrected chi connectivity index (χ2v) is 4.52. The molecule has 0 radical (unpaired) electrons. The zero-order valence-corrected chi connectivity index (χ0v) is 11.4. The number of hydrogen-bond donors (Lipinski definition) is 1. The summed E-state index contributed by atoms with van der Waals surface area (Å²) >= 11 is 5.89. The first-order chi connectivity index (χ1) is 10.0. The molecule has 0 spiro atoms. The summed E-state index contributed by atoms with van der Waals surface area (Å²) in [5.74, 6) is -1.66. The molecule has 0 saturated heterocycles. The van der Waals surface area contributed by atoms with Crippen LogP contribution in [0, 0.1) is 10.1 Å². The summed E-state index contributed by atoms with van der Waals surface area (Å²) < 4.78 is 5.37. The lowest BCUT2D eigenvalue weighted by atomic mass is 10.1. The molecule has 21 heavy (non-hydrogen) atoms. The van der Waals surface area contributed by atoms with Gasteiger partial charge in [0, 0.05) is 0 Å². The highest BCUT2D eigenvalue weighted by Gasteiger charge is 2.28. The van der Waals surface area contributed by atoms with E-state index in [1.165, 1.54) is 6.07 Å². The maximum Gasteiger partial charge on any atom is 0.342 e. The Balaban J connectivity index is 2.40. The summed E-state index contributed by atoms with van der Waals surface area (Å²) in [4.78, 5) is 21.4. The molecule has 6 nitrogen and oxygen atoms in total. The number of nitro groups is 1. The Bertz CT molecular complexity index is 687. The van der Waals surface area contributed by atoms with Crippen molar-refractivity contribution in [2.75, 3.05) is 0 Å². The zero-order valence-electron chi connectivity index (χ0n) is 10.7. The standard InChI is InChI=1S/C14H10ClNO5/c15-11-7-6-10(14(17)18)12(16(19)20)13(11)21-8-9-4-2-1-3-5-9/h1-7H,8H2,(H,17,18). The van der Waals surface area contributed by atoms with E-state index in [-0.39, 0.29) is 17.4 Å². The van der Waals surface area contributed by atoms with Crippen LogP contribution in [0.3, 0.4) is 0 Å². The van der Waals surface area contributed by atoms with Gasteiger partial charge in [0.15, 0.2) is 0 Å². The van der Waals surface area contributed by atoms with Crippen LogP contribution in [0.2, 0.25) is 5.02 Å². The smallest absolute Gasteiger partial charge is 0.342 e. The summed E-state index contributed by atoms with van der Waals surface area (Å²) in [6, 6.07) is 11.3. The first-order valence-corrected chi connectivity index (χ1v) is 6.25. The maximum absolute atomic E-state index is 11.1. The Morgan fingerprint density at radius 1 is 1.24 bits per heavy atom. The number of nitro benzene ring substituents is 1. The van der Waals surface area contributed by atoms with Crippen LogP contribution >= 0.6 is 11.6 Å². The number of aromatic carboxylic acids is 1. The summed E-state index contributed by atoms with van der Waals surface area (Å²) in [7, 11) is 0. The Kier molecular flexibility index (Phi) is 4.39. The van der Waals surface area contributed by atoms with Crippen LogP contribution in [0.5, 0.6) is 5.75 Å². The van der Waals surface area contributed by atoms with Gasteiger partial charge in [0.2, 0.25) is 5.75 Å². The molecule has 0 fully saturated rings. The molecule has 0 saturated carbocycles. The molecule has 0 aliphatic carbocycles. The molecule has 7 heteroatoms. The third-order valence-corrected chi connectivity index (χ3v) is 3.02. The molecule has 2 rings (SSSR count). The Hall–Kier alpha value is -2.60. The summed E-state index contributed by atoms with van der Waals surface area (Å²) in [5, 5.41) is 20.1. The van der Waals surface area contributed by atoms with Crippen molar-refractivity contribution in [1.82, 2.24) is 0 Å². The lowest BCUT2D eigenvalue weighted by molar-refractivity contribution is -0.386. The first kappa shape index (κ1) is 14.8. The van der Waals surface area contributed by atoms with Gasteiger partial charge in [-0.1, -0.05) is 41.9 Å². The van der Waals surface area contributed by atoms with E-state index in [9.17, 15) is 14.9 Å². The molecule has 2 aromatic rings. The molecular formula is C14H10ClNO5. The number of halogens is 1. The van der Waals surface area contributed by atoms with Gasteiger partial charge in [-0.25, -0.2) is 4.79 Å². The second-order valence-electron chi connectivity index (χ2n) is 4.11. The fraction of sp³-hybridized carbons (Fsp3) is 0.0714. The third-order valence-electron chi connectivity index (χ3n) is 2.72. The van der Waals surface area contributed by atoms with Crippen molar-refractivity contribution in [1.29, 1.82) is 0 Å². The van der Waals surface area contributed by atoms with Crippen molar-refractivity contribution in [3.8, 4) is 5.75 Å². The van der Waals surface area contributed by atoms with Gasteiger partial charge in [0.05, 0.1) is 9.95 Å². The minimum atomic E-state index is -1.41. The molecule has 0 atom stereocenters. The van der Waals surface area contributed by atoms with Gasteiger partial charge in [0.1, 0.15) is 12.2 Å². The molecule has 1 N–H and O–H groups in total. The van der Waals surface area contributed by atoms with E-state index < -0.39 is 22.1 Å². The predicted octanol–water partition coefficient (Wildman–Crippen LogP) is 3.53. The largest absolute Gasteiger partial charge is 0.481 e. The molecule has 108 valence electrons. The number of carbonyl (C=O) groups is 1. The topological polar surface area (TPSA) is 89.7 Å². The van der Waals surface area contributed by atoms with E-state index in [1.807, 2.05) is 6.07 Å². The number of carboxylic acid groups (broad SMARTS) is 1. The van der Waals surface area contributed by atoms with Gasteiger partial charge in [-0.2, -0.15) is 0 Å². The minimum absolute atomic E-state index is 0.0115. The van der Waals surface area contributed by atoms with Crippen LogP contribution in [0.15, 0.2) is 42.5 Å². The average Bonchev–Trinajstić information content (AvgIpc) is 2.46. The summed E-state index contributed by atoms with van der Waals surface area (Å²) in [6.07, 6.45) is 0. The van der Waals surface area contributed by atoms with Crippen molar-refractivity contribution in [2.45, 2.75) is 6.61 Å². The highest BCUT2D eigenvalue weighted by Crippen LogP contribution is 2.38. The monoisotopic (exact) mass is 307 g/mol. The van der Waals surface area contributed by atoms with Gasteiger partial charge >= 0.3 is 11.7 Å². The number of carboxylic acids is 1. The van der Waals surface area contributed by atoms with E-state index in [0.29, 0.717) is 0 Å². The van der Waals surface area contributed by atoms with Gasteiger partial charge in [-0.15, -0.1) is 0 Å². The normalized spacial score (nSPS) is 10.1. The molecule has 0 bridgehead atoms. The molecule has 0 aliphatic heterocycles. The van der Waals surface area contributed by atoms with Gasteiger partial charge in [-0.05, 0) is 17.7 Å². The van der Waals surface area contributed by atoms with Gasteiger partial charge in [0.25, 0.3) is 0 Å². The highest BCUT2D eigenvalue weighted by atomic mass is 35.5. The highest BCUT2D eigenvalue weighted by molar-refractivity contribution is 6.32. The zero-order chi connectivity index (χ0) is 15.4. The number of ether oxygens (including phenoxy) is 1. The summed E-state index contributed by atoms with van der Waals surface area (Å²) in [5.41, 5.74) is -0.331. The molecule has 0 amide bonds. The Labute approximate surface area is 124 Å². The average molecular weight is 308 g/mol. The Morgan fingerprint density at radius 3 is 2.48 bits per heavy atom. The van der Waals surface area contributed by atoms with E-state index in [4.69, 9.17) is 21.4 Å². The molecular weight excluding hydrogens is 298 g/mol. The van der Waals surface area contributed by atoms with Crippen molar-refractivity contribution in [3.05, 3.63) is 68.7 Å².